The van der Waals surface area contributed by atoms with Crippen molar-refractivity contribution in [3.63, 3.8) is 0 Å². The fourth-order valence-corrected chi connectivity index (χ4v) is 3.00. The van der Waals surface area contributed by atoms with E-state index in [0.29, 0.717) is 10.9 Å². The minimum absolute atomic E-state index is 0.594. The maximum absolute atomic E-state index is 5.96. The van der Waals surface area contributed by atoms with Gasteiger partial charge in [0.1, 0.15) is 5.52 Å². The Bertz CT molecular complexity index is 560. The van der Waals surface area contributed by atoms with Crippen LogP contribution in [-0.2, 0) is 6.42 Å². The summed E-state index contributed by atoms with van der Waals surface area (Å²) in [6, 6.07) is 5.60. The normalized spacial score (nSPS) is 21.7. The number of fused-ring (bicyclic) bond motifs is 1. The fraction of sp³-hybridized carbons (Fsp3) is 0.533. The van der Waals surface area contributed by atoms with Crippen molar-refractivity contribution in [1.29, 1.82) is 0 Å². The molecule has 0 saturated carbocycles. The van der Waals surface area contributed by atoms with Crippen LogP contribution in [0.15, 0.2) is 22.6 Å². The van der Waals surface area contributed by atoms with Gasteiger partial charge in [0.2, 0.25) is 0 Å². The van der Waals surface area contributed by atoms with Crippen LogP contribution in [0.3, 0.4) is 0 Å². The SMILES string of the molecule is CC(Cc1nc2ccc(Cl)cc2o1)C1CCCNC1. The van der Waals surface area contributed by atoms with E-state index in [1.807, 2.05) is 18.2 Å². The van der Waals surface area contributed by atoms with Crippen LogP contribution in [0.2, 0.25) is 5.02 Å². The van der Waals surface area contributed by atoms with Crippen LogP contribution in [0.25, 0.3) is 11.1 Å². The number of hydrogen-bond acceptors (Lipinski definition) is 3. The fourth-order valence-electron chi connectivity index (χ4n) is 2.84. The monoisotopic (exact) mass is 278 g/mol. The molecule has 1 aliphatic heterocycles. The third-order valence-corrected chi connectivity index (χ3v) is 4.27. The van der Waals surface area contributed by atoms with E-state index in [9.17, 15) is 0 Å². The van der Waals surface area contributed by atoms with Gasteiger partial charge in [0.15, 0.2) is 11.5 Å². The second-order valence-corrected chi connectivity index (χ2v) is 5.94. The van der Waals surface area contributed by atoms with Crippen molar-refractivity contribution in [3.8, 4) is 0 Å². The lowest BCUT2D eigenvalue weighted by molar-refractivity contribution is 0.267. The van der Waals surface area contributed by atoms with Gasteiger partial charge in [0, 0.05) is 17.5 Å². The number of benzene rings is 1. The van der Waals surface area contributed by atoms with E-state index in [1.54, 1.807) is 0 Å². The largest absolute Gasteiger partial charge is 0.441 e. The highest BCUT2D eigenvalue weighted by atomic mass is 35.5. The lowest BCUT2D eigenvalue weighted by atomic mass is 9.85. The number of halogens is 1. The van der Waals surface area contributed by atoms with E-state index in [-0.39, 0.29) is 0 Å². The molecule has 1 saturated heterocycles. The van der Waals surface area contributed by atoms with Gasteiger partial charge in [0.05, 0.1) is 0 Å². The highest BCUT2D eigenvalue weighted by Crippen LogP contribution is 2.26. The van der Waals surface area contributed by atoms with Gasteiger partial charge in [0.25, 0.3) is 0 Å². The standard InChI is InChI=1S/C15H19ClN2O/c1-10(11-3-2-6-17-9-11)7-15-18-13-5-4-12(16)8-14(13)19-15/h4-5,8,10-11,17H,2-3,6-7,9H2,1H3. The minimum atomic E-state index is 0.594. The number of aromatic nitrogens is 1. The summed E-state index contributed by atoms with van der Waals surface area (Å²) in [5.41, 5.74) is 1.69. The maximum atomic E-state index is 5.96. The summed E-state index contributed by atoms with van der Waals surface area (Å²) in [5, 5.41) is 4.16. The Balaban J connectivity index is 1.73. The molecule has 1 aromatic carbocycles. The Labute approximate surface area is 118 Å². The molecular weight excluding hydrogens is 260 g/mol. The van der Waals surface area contributed by atoms with Crippen molar-refractivity contribution in [3.05, 3.63) is 29.1 Å². The first-order valence-electron chi connectivity index (χ1n) is 6.98. The molecular formula is C15H19ClN2O. The average Bonchev–Trinajstić information content (AvgIpc) is 2.81. The Morgan fingerprint density at radius 1 is 1.53 bits per heavy atom. The van der Waals surface area contributed by atoms with Gasteiger partial charge in [-0.2, -0.15) is 0 Å². The lowest BCUT2D eigenvalue weighted by Crippen LogP contribution is -2.33. The molecule has 1 aliphatic rings. The highest BCUT2D eigenvalue weighted by molar-refractivity contribution is 6.31. The average molecular weight is 279 g/mol. The molecule has 2 aromatic rings. The molecule has 19 heavy (non-hydrogen) atoms. The Morgan fingerprint density at radius 2 is 2.42 bits per heavy atom. The Hall–Kier alpha value is -1.06. The third-order valence-electron chi connectivity index (χ3n) is 4.03. The van der Waals surface area contributed by atoms with E-state index in [0.717, 1.165) is 42.4 Å². The van der Waals surface area contributed by atoms with Crippen LogP contribution in [0, 0.1) is 11.8 Å². The maximum Gasteiger partial charge on any atom is 0.195 e. The molecule has 102 valence electrons. The Morgan fingerprint density at radius 3 is 3.21 bits per heavy atom. The summed E-state index contributed by atoms with van der Waals surface area (Å²) in [7, 11) is 0. The van der Waals surface area contributed by atoms with E-state index in [1.165, 1.54) is 12.8 Å². The van der Waals surface area contributed by atoms with Crippen molar-refractivity contribution in [2.75, 3.05) is 13.1 Å². The molecule has 2 atom stereocenters. The van der Waals surface area contributed by atoms with Crippen molar-refractivity contribution in [1.82, 2.24) is 10.3 Å². The molecule has 3 nitrogen and oxygen atoms in total. The number of nitrogens with zero attached hydrogens (tertiary/aromatic N) is 1. The van der Waals surface area contributed by atoms with Gasteiger partial charge in [-0.05, 0) is 49.9 Å². The molecule has 0 aliphatic carbocycles. The first-order chi connectivity index (χ1) is 9.22. The highest BCUT2D eigenvalue weighted by Gasteiger charge is 2.21. The van der Waals surface area contributed by atoms with Crippen molar-refractivity contribution < 1.29 is 4.42 Å². The van der Waals surface area contributed by atoms with Crippen LogP contribution in [-0.4, -0.2) is 18.1 Å². The van der Waals surface area contributed by atoms with E-state index in [4.69, 9.17) is 16.0 Å². The molecule has 1 N–H and O–H groups in total. The molecule has 0 radical (unpaired) electrons. The van der Waals surface area contributed by atoms with Crippen LogP contribution >= 0.6 is 11.6 Å². The quantitative estimate of drug-likeness (QED) is 0.931. The third kappa shape index (κ3) is 2.93. The predicted octanol–water partition coefficient (Wildman–Crippen LogP) is 3.66. The molecule has 3 rings (SSSR count). The van der Waals surface area contributed by atoms with Crippen molar-refractivity contribution in [2.24, 2.45) is 11.8 Å². The van der Waals surface area contributed by atoms with Crippen LogP contribution in [0.1, 0.15) is 25.7 Å². The van der Waals surface area contributed by atoms with E-state index in [2.05, 4.69) is 17.2 Å². The summed E-state index contributed by atoms with van der Waals surface area (Å²) in [5.74, 6) is 2.15. The summed E-state index contributed by atoms with van der Waals surface area (Å²) >= 11 is 5.96. The number of piperidine rings is 1. The number of hydrogen-bond donors (Lipinski definition) is 1. The minimum Gasteiger partial charge on any atom is -0.441 e. The summed E-state index contributed by atoms with van der Waals surface area (Å²) in [6.45, 7) is 4.57. The van der Waals surface area contributed by atoms with Crippen LogP contribution in [0.4, 0.5) is 0 Å². The summed E-state index contributed by atoms with van der Waals surface area (Å²) < 4.78 is 5.79. The van der Waals surface area contributed by atoms with Gasteiger partial charge in [-0.25, -0.2) is 4.98 Å². The molecule has 0 bridgehead atoms. The van der Waals surface area contributed by atoms with Gasteiger partial charge in [-0.15, -0.1) is 0 Å². The molecule has 4 heteroatoms. The Kier molecular flexibility index (Phi) is 3.76. The van der Waals surface area contributed by atoms with Gasteiger partial charge in [-0.3, -0.25) is 0 Å². The summed E-state index contributed by atoms with van der Waals surface area (Å²) in [6.07, 6.45) is 3.48. The van der Waals surface area contributed by atoms with Crippen LogP contribution < -0.4 is 5.32 Å². The zero-order valence-corrected chi connectivity index (χ0v) is 11.9. The smallest absolute Gasteiger partial charge is 0.195 e. The second kappa shape index (κ2) is 5.51. The van der Waals surface area contributed by atoms with Crippen molar-refractivity contribution >= 4 is 22.7 Å². The first-order valence-corrected chi connectivity index (χ1v) is 7.36. The van der Waals surface area contributed by atoms with E-state index >= 15 is 0 Å². The molecule has 1 aromatic heterocycles. The first kappa shape index (κ1) is 12.9. The molecule has 0 spiro atoms. The van der Waals surface area contributed by atoms with Gasteiger partial charge >= 0.3 is 0 Å². The second-order valence-electron chi connectivity index (χ2n) is 5.51. The number of rotatable bonds is 3. The number of oxazole rings is 1. The molecule has 2 heterocycles. The zero-order valence-electron chi connectivity index (χ0n) is 11.2. The predicted molar refractivity (Wildman–Crippen MR) is 77.5 cm³/mol. The number of nitrogens with one attached hydrogen (secondary N) is 1. The van der Waals surface area contributed by atoms with Crippen LogP contribution in [0.5, 0.6) is 0 Å². The van der Waals surface area contributed by atoms with Gasteiger partial charge < -0.3 is 9.73 Å². The van der Waals surface area contributed by atoms with Gasteiger partial charge in [-0.1, -0.05) is 18.5 Å². The van der Waals surface area contributed by atoms with Crippen molar-refractivity contribution in [2.45, 2.75) is 26.2 Å². The zero-order chi connectivity index (χ0) is 13.2. The molecule has 1 fully saturated rings. The molecule has 0 amide bonds. The molecule has 2 unspecified atom stereocenters. The lowest BCUT2D eigenvalue weighted by Gasteiger charge is -2.27. The topological polar surface area (TPSA) is 38.1 Å². The van der Waals surface area contributed by atoms with E-state index < -0.39 is 0 Å². The summed E-state index contributed by atoms with van der Waals surface area (Å²) in [4.78, 5) is 4.54.